The van der Waals surface area contributed by atoms with Gasteiger partial charge in [-0.25, -0.2) is 14.2 Å². The molecule has 0 radical (unpaired) electrons. The number of nitrogen functional groups attached to an aromatic ring is 1. The maximum atomic E-state index is 14.7. The number of urea groups is 1. The molecule has 0 saturated heterocycles. The van der Waals surface area contributed by atoms with E-state index in [1.54, 1.807) is 42.6 Å². The first-order valence-corrected chi connectivity index (χ1v) is 8.61. The minimum atomic E-state index is -0.560. The highest BCUT2D eigenvalue weighted by Crippen LogP contribution is 2.29. The van der Waals surface area contributed by atoms with Gasteiger partial charge in [0.2, 0.25) is 0 Å². The molecule has 9 heteroatoms. The molecule has 2 amide bonds. The number of nitrogens with one attached hydrogen (secondary N) is 2. The summed E-state index contributed by atoms with van der Waals surface area (Å²) < 4.78 is 16.1. The Balaban J connectivity index is 1.56. The summed E-state index contributed by atoms with van der Waals surface area (Å²) in [4.78, 5) is 16.3. The Bertz CT molecular complexity index is 1190. The molecule has 0 spiro atoms. The quantitative estimate of drug-likeness (QED) is 0.477. The number of fused-ring (bicyclic) bond motifs is 1. The molecule has 4 rings (SSSR count). The topological polar surface area (TPSA) is 97.3 Å². The molecule has 28 heavy (non-hydrogen) atoms. The van der Waals surface area contributed by atoms with E-state index in [-0.39, 0.29) is 17.1 Å². The summed E-state index contributed by atoms with van der Waals surface area (Å²) >= 11 is 6.01. The number of para-hydroxylation sites is 1. The summed E-state index contributed by atoms with van der Waals surface area (Å²) in [6.07, 6.45) is 3.05. The van der Waals surface area contributed by atoms with Crippen LogP contribution in [-0.2, 0) is 0 Å². The molecule has 0 aliphatic carbocycles. The van der Waals surface area contributed by atoms with Crippen LogP contribution in [0.15, 0.2) is 60.9 Å². The highest BCUT2D eigenvalue weighted by Gasteiger charge is 2.14. The van der Waals surface area contributed by atoms with Gasteiger partial charge in [0.15, 0.2) is 5.65 Å². The zero-order chi connectivity index (χ0) is 19.7. The molecule has 0 bridgehead atoms. The fourth-order valence-corrected chi connectivity index (χ4v) is 2.94. The van der Waals surface area contributed by atoms with E-state index < -0.39 is 11.8 Å². The third-order valence-corrected chi connectivity index (χ3v) is 4.42. The van der Waals surface area contributed by atoms with Crippen LogP contribution in [0.25, 0.3) is 16.8 Å². The second kappa shape index (κ2) is 7.16. The summed E-state index contributed by atoms with van der Waals surface area (Å²) in [6, 6.07) is 12.2. The van der Waals surface area contributed by atoms with Crippen molar-refractivity contribution in [2.45, 2.75) is 0 Å². The average molecular weight is 397 g/mol. The standard InChI is InChI=1S/C19H14ClFN6O/c20-14-3-1-2-4-16(14)26-19(28)25-11-5-6-12(15(21)9-11)13-10-23-17-7-8-24-27(17)18(13)22/h1-10H,22H2,(H2,25,26,28). The number of anilines is 3. The van der Waals surface area contributed by atoms with Gasteiger partial charge in [-0.3, -0.25) is 0 Å². The Labute approximate surface area is 164 Å². The van der Waals surface area contributed by atoms with Crippen molar-refractivity contribution in [3.63, 3.8) is 0 Å². The third kappa shape index (κ3) is 3.33. The van der Waals surface area contributed by atoms with E-state index >= 15 is 0 Å². The number of carbonyl (C=O) groups is 1. The van der Waals surface area contributed by atoms with Gasteiger partial charge in [0.05, 0.1) is 16.9 Å². The molecular weight excluding hydrogens is 383 g/mol. The molecule has 2 aromatic carbocycles. The molecule has 0 unspecified atom stereocenters. The summed E-state index contributed by atoms with van der Waals surface area (Å²) in [5.74, 6) is -0.290. The Morgan fingerprint density at radius 2 is 1.93 bits per heavy atom. The molecule has 7 nitrogen and oxygen atoms in total. The van der Waals surface area contributed by atoms with Gasteiger partial charge in [0.1, 0.15) is 11.6 Å². The summed E-state index contributed by atoms with van der Waals surface area (Å²) in [6.45, 7) is 0. The molecule has 4 N–H and O–H groups in total. The van der Waals surface area contributed by atoms with Gasteiger partial charge >= 0.3 is 6.03 Å². The van der Waals surface area contributed by atoms with E-state index in [0.717, 1.165) is 0 Å². The molecule has 0 aliphatic rings. The number of aromatic nitrogens is 3. The van der Waals surface area contributed by atoms with Gasteiger partial charge in [-0.1, -0.05) is 23.7 Å². The number of rotatable bonds is 3. The third-order valence-electron chi connectivity index (χ3n) is 4.09. The first-order chi connectivity index (χ1) is 13.5. The van der Waals surface area contributed by atoms with Crippen LogP contribution >= 0.6 is 11.6 Å². The minimum Gasteiger partial charge on any atom is -0.383 e. The minimum absolute atomic E-state index is 0.250. The van der Waals surface area contributed by atoms with Crippen LogP contribution in [0.3, 0.4) is 0 Å². The van der Waals surface area contributed by atoms with Crippen LogP contribution in [0, 0.1) is 5.82 Å². The molecule has 0 aliphatic heterocycles. The number of nitrogens with zero attached hydrogens (tertiary/aromatic N) is 3. The second-order valence-corrected chi connectivity index (χ2v) is 6.32. The molecule has 0 fully saturated rings. The normalized spacial score (nSPS) is 10.8. The summed E-state index contributed by atoms with van der Waals surface area (Å²) in [5, 5.41) is 9.64. The van der Waals surface area contributed by atoms with E-state index in [9.17, 15) is 9.18 Å². The highest BCUT2D eigenvalue weighted by atomic mass is 35.5. The Hall–Kier alpha value is -3.65. The highest BCUT2D eigenvalue weighted by molar-refractivity contribution is 6.33. The van der Waals surface area contributed by atoms with Crippen molar-refractivity contribution in [1.82, 2.24) is 14.6 Å². The molecule has 2 aromatic heterocycles. The van der Waals surface area contributed by atoms with Crippen molar-refractivity contribution in [2.24, 2.45) is 0 Å². The molecule has 140 valence electrons. The number of hydrogen-bond acceptors (Lipinski definition) is 4. The van der Waals surface area contributed by atoms with Gasteiger partial charge in [-0.05, 0) is 30.3 Å². The number of amides is 2. The molecular formula is C19H14ClFN6O. The fourth-order valence-electron chi connectivity index (χ4n) is 2.76. The predicted molar refractivity (Wildman–Crippen MR) is 107 cm³/mol. The molecule has 2 heterocycles. The molecule has 0 atom stereocenters. The average Bonchev–Trinajstić information content (AvgIpc) is 3.14. The van der Waals surface area contributed by atoms with E-state index in [1.807, 2.05) is 0 Å². The maximum absolute atomic E-state index is 14.7. The van der Waals surface area contributed by atoms with Gasteiger partial charge in [0, 0.05) is 29.1 Å². The van der Waals surface area contributed by atoms with Crippen molar-refractivity contribution >= 4 is 40.5 Å². The van der Waals surface area contributed by atoms with Gasteiger partial charge < -0.3 is 16.4 Å². The lowest BCUT2D eigenvalue weighted by atomic mass is 10.1. The first-order valence-electron chi connectivity index (χ1n) is 8.23. The Morgan fingerprint density at radius 3 is 2.71 bits per heavy atom. The van der Waals surface area contributed by atoms with Crippen LogP contribution in [0.4, 0.5) is 26.4 Å². The number of halogens is 2. The largest absolute Gasteiger partial charge is 0.383 e. The smallest absolute Gasteiger partial charge is 0.323 e. The van der Waals surface area contributed by atoms with Crippen molar-refractivity contribution in [2.75, 3.05) is 16.4 Å². The van der Waals surface area contributed by atoms with Crippen molar-refractivity contribution < 1.29 is 9.18 Å². The van der Waals surface area contributed by atoms with Crippen LogP contribution in [0.1, 0.15) is 0 Å². The molecule has 0 saturated carbocycles. The zero-order valence-corrected chi connectivity index (χ0v) is 15.1. The van der Waals surface area contributed by atoms with Crippen LogP contribution in [0.5, 0.6) is 0 Å². The zero-order valence-electron chi connectivity index (χ0n) is 14.4. The van der Waals surface area contributed by atoms with Crippen LogP contribution in [0.2, 0.25) is 5.02 Å². The summed E-state index contributed by atoms with van der Waals surface area (Å²) in [5.41, 5.74) is 8.03. The lowest BCUT2D eigenvalue weighted by Crippen LogP contribution is -2.19. The van der Waals surface area contributed by atoms with Crippen LogP contribution in [-0.4, -0.2) is 20.6 Å². The fraction of sp³-hybridized carbons (Fsp3) is 0. The van der Waals surface area contributed by atoms with Crippen molar-refractivity contribution in [1.29, 1.82) is 0 Å². The lowest BCUT2D eigenvalue weighted by Gasteiger charge is -2.11. The first kappa shape index (κ1) is 17.7. The maximum Gasteiger partial charge on any atom is 0.323 e. The van der Waals surface area contributed by atoms with Gasteiger partial charge in [-0.15, -0.1) is 0 Å². The molecule has 4 aromatic rings. The van der Waals surface area contributed by atoms with Gasteiger partial charge in [0.25, 0.3) is 0 Å². The van der Waals surface area contributed by atoms with Gasteiger partial charge in [-0.2, -0.15) is 9.61 Å². The number of hydrogen-bond donors (Lipinski definition) is 3. The Morgan fingerprint density at radius 1 is 1.11 bits per heavy atom. The van der Waals surface area contributed by atoms with Crippen molar-refractivity contribution in [3.05, 3.63) is 71.8 Å². The monoisotopic (exact) mass is 396 g/mol. The SMILES string of the molecule is Nc1c(-c2ccc(NC(=O)Nc3ccccc3Cl)cc2F)cnc2ccnn12. The van der Waals surface area contributed by atoms with E-state index in [0.29, 0.717) is 21.9 Å². The Kier molecular flexibility index (Phi) is 4.54. The number of nitrogens with two attached hydrogens (primary N) is 1. The predicted octanol–water partition coefficient (Wildman–Crippen LogP) is 4.42. The van der Waals surface area contributed by atoms with Crippen LogP contribution < -0.4 is 16.4 Å². The number of benzene rings is 2. The van der Waals surface area contributed by atoms with E-state index in [1.165, 1.54) is 22.8 Å². The second-order valence-electron chi connectivity index (χ2n) is 5.91. The number of carbonyl (C=O) groups excluding carboxylic acids is 1. The lowest BCUT2D eigenvalue weighted by molar-refractivity contribution is 0.262. The van der Waals surface area contributed by atoms with E-state index in [2.05, 4.69) is 20.7 Å². The summed E-state index contributed by atoms with van der Waals surface area (Å²) in [7, 11) is 0. The van der Waals surface area contributed by atoms with E-state index in [4.69, 9.17) is 17.3 Å². The van der Waals surface area contributed by atoms with Crippen molar-refractivity contribution in [3.8, 4) is 11.1 Å².